The van der Waals surface area contributed by atoms with E-state index in [0.717, 1.165) is 18.5 Å². The number of piperidine rings is 1. The number of carbonyl (C=O) groups is 1. The van der Waals surface area contributed by atoms with Crippen LogP contribution in [0.5, 0.6) is 0 Å². The van der Waals surface area contributed by atoms with Gasteiger partial charge in [0.2, 0.25) is 0 Å². The van der Waals surface area contributed by atoms with E-state index >= 15 is 0 Å². The Morgan fingerprint density at radius 3 is 2.60 bits per heavy atom. The normalized spacial score (nSPS) is 25.2. The molecule has 2 fully saturated rings. The van der Waals surface area contributed by atoms with Crippen LogP contribution in [0.4, 0.5) is 9.18 Å². The molecule has 5 atom stereocenters. The van der Waals surface area contributed by atoms with Crippen LogP contribution in [0.3, 0.4) is 0 Å². The van der Waals surface area contributed by atoms with Gasteiger partial charge in [-0.15, -0.1) is 5.10 Å². The Balaban J connectivity index is 1.28. The largest absolute Gasteiger partial charge is 0.444 e. The molecule has 14 heteroatoms. The Bertz CT molecular complexity index is 1400. The molecule has 0 aliphatic carbocycles. The minimum absolute atomic E-state index is 0.00842. The molecule has 234 valence electrons. The Hall–Kier alpha value is -3.10. The van der Waals surface area contributed by atoms with Gasteiger partial charge in [-0.25, -0.2) is 13.9 Å². The van der Waals surface area contributed by atoms with Crippen LogP contribution < -0.4 is 0 Å². The molecule has 0 saturated carbocycles. The average Bonchev–Trinajstić information content (AvgIpc) is 3.64. The van der Waals surface area contributed by atoms with Gasteiger partial charge in [0, 0.05) is 44.2 Å². The zero-order valence-electron chi connectivity index (χ0n) is 24.5. The van der Waals surface area contributed by atoms with Gasteiger partial charge in [-0.3, -0.25) is 0 Å². The Labute approximate surface area is 253 Å². The number of ether oxygens (including phenoxy) is 3. The zero-order valence-corrected chi connectivity index (χ0v) is 25.3. The van der Waals surface area contributed by atoms with Gasteiger partial charge in [-0.1, -0.05) is 28.0 Å². The van der Waals surface area contributed by atoms with Crippen molar-refractivity contribution in [3.05, 3.63) is 52.8 Å². The molecule has 0 spiro atoms. The molecule has 5 rings (SSSR count). The average molecular weight is 622 g/mol. The molecule has 2 aliphatic heterocycles. The number of carbonyl (C=O) groups excluding carboxylic acids is 1. The number of benzene rings is 1. The molecule has 12 nitrogen and oxygen atoms in total. The molecule has 1 amide bonds. The molecule has 0 radical (unpaired) electrons. The van der Waals surface area contributed by atoms with E-state index in [9.17, 15) is 19.4 Å². The van der Waals surface area contributed by atoms with Crippen LogP contribution in [0.1, 0.15) is 57.0 Å². The summed E-state index contributed by atoms with van der Waals surface area (Å²) in [6.45, 7) is 6.21. The third-order valence-corrected chi connectivity index (χ3v) is 8.12. The minimum Gasteiger partial charge on any atom is -0.444 e. The number of hydrogen-bond acceptors (Lipinski definition) is 10. The van der Waals surface area contributed by atoms with Crippen molar-refractivity contribution in [2.24, 2.45) is 0 Å². The second-order valence-electron chi connectivity index (χ2n) is 12.0. The van der Waals surface area contributed by atoms with Crippen LogP contribution in [0.2, 0.25) is 5.02 Å². The molecular formula is C29H37ClFN5O7. The van der Waals surface area contributed by atoms with Crippen molar-refractivity contribution in [1.82, 2.24) is 25.1 Å². The van der Waals surface area contributed by atoms with Gasteiger partial charge in [0.1, 0.15) is 47.2 Å². The van der Waals surface area contributed by atoms with Crippen molar-refractivity contribution in [3.8, 4) is 11.3 Å². The lowest BCUT2D eigenvalue weighted by molar-refractivity contribution is -0.212. The van der Waals surface area contributed by atoms with Crippen LogP contribution in [-0.4, -0.2) is 98.2 Å². The predicted molar refractivity (Wildman–Crippen MR) is 152 cm³/mol. The predicted octanol–water partition coefficient (Wildman–Crippen LogP) is 3.76. The zero-order chi connectivity index (χ0) is 30.9. The first-order chi connectivity index (χ1) is 20.5. The molecular weight excluding hydrogens is 585 g/mol. The number of likely N-dealkylation sites (tertiary alicyclic amines) is 1. The van der Waals surface area contributed by atoms with E-state index in [4.69, 9.17) is 30.3 Å². The van der Waals surface area contributed by atoms with Crippen molar-refractivity contribution in [3.63, 3.8) is 0 Å². The highest BCUT2D eigenvalue weighted by Crippen LogP contribution is 2.35. The summed E-state index contributed by atoms with van der Waals surface area (Å²) in [5.74, 6) is 0.0853. The van der Waals surface area contributed by atoms with Crippen molar-refractivity contribution >= 4 is 17.7 Å². The summed E-state index contributed by atoms with van der Waals surface area (Å²) in [5.41, 5.74) is 1.07. The molecule has 2 aliphatic rings. The van der Waals surface area contributed by atoms with Crippen molar-refractivity contribution in [1.29, 1.82) is 0 Å². The summed E-state index contributed by atoms with van der Waals surface area (Å²) in [5, 5.41) is 33.8. The van der Waals surface area contributed by atoms with Gasteiger partial charge in [0.15, 0.2) is 0 Å². The highest BCUT2D eigenvalue weighted by Gasteiger charge is 2.47. The molecule has 3 aromatic rings. The van der Waals surface area contributed by atoms with Crippen molar-refractivity contribution in [2.45, 2.75) is 82.0 Å². The first-order valence-electron chi connectivity index (χ1n) is 14.2. The van der Waals surface area contributed by atoms with E-state index in [1.165, 1.54) is 23.9 Å². The summed E-state index contributed by atoms with van der Waals surface area (Å²) in [4.78, 5) is 14.1. The van der Waals surface area contributed by atoms with Gasteiger partial charge in [-0.2, -0.15) is 0 Å². The molecule has 2 saturated heterocycles. The molecule has 0 unspecified atom stereocenters. The minimum atomic E-state index is -1.18. The number of aromatic nitrogens is 4. The molecule has 1 aromatic carbocycles. The number of nitrogens with zero attached hydrogens (tertiary/aromatic N) is 5. The van der Waals surface area contributed by atoms with Gasteiger partial charge in [-0.05, 0) is 45.7 Å². The van der Waals surface area contributed by atoms with Crippen LogP contribution in [-0.2, 0) is 20.6 Å². The van der Waals surface area contributed by atoms with Crippen LogP contribution in [0.15, 0.2) is 35.0 Å². The van der Waals surface area contributed by atoms with E-state index in [0.29, 0.717) is 30.1 Å². The van der Waals surface area contributed by atoms with Crippen molar-refractivity contribution in [2.75, 3.05) is 26.8 Å². The number of aliphatic hydroxyl groups is 2. The lowest BCUT2D eigenvalue weighted by atomic mass is 9.90. The maximum absolute atomic E-state index is 14.1. The Morgan fingerprint density at radius 2 is 1.95 bits per heavy atom. The van der Waals surface area contributed by atoms with Gasteiger partial charge < -0.3 is 33.8 Å². The second kappa shape index (κ2) is 12.9. The summed E-state index contributed by atoms with van der Waals surface area (Å²) in [6.07, 6.45) is -0.489. The smallest absolute Gasteiger partial charge is 0.410 e. The van der Waals surface area contributed by atoms with E-state index in [2.05, 4.69) is 15.5 Å². The first-order valence-corrected chi connectivity index (χ1v) is 14.6. The Kier molecular flexibility index (Phi) is 9.37. The number of methoxy groups -OCH3 is 1. The quantitative estimate of drug-likeness (QED) is 0.400. The van der Waals surface area contributed by atoms with E-state index in [1.54, 1.807) is 17.2 Å². The lowest BCUT2D eigenvalue weighted by Crippen LogP contribution is -2.57. The number of amides is 1. The maximum atomic E-state index is 14.1. The number of rotatable bonds is 7. The standard InChI is InChI=1S/C29H37ClFN5O7/c1-29(2,3)42-28(39)35-9-7-16(8-10-35)21-12-18(43-33-21)13-23-27(40-4)25(26(38)24(15-37)41-23)36-14-22(32-34-36)17-5-6-19(30)20(31)11-17/h5-6,11-12,14,16,23-27,37-38H,7-10,13,15H2,1-4H3/t23-,24-,25+,26+,27+/m1/s1. The first kappa shape index (κ1) is 31.3. The summed E-state index contributed by atoms with van der Waals surface area (Å²) in [7, 11) is 1.50. The topological polar surface area (TPSA) is 145 Å². The molecule has 2 N–H and O–H groups in total. The summed E-state index contributed by atoms with van der Waals surface area (Å²) in [6, 6.07) is 5.41. The fourth-order valence-electron chi connectivity index (χ4n) is 5.64. The van der Waals surface area contributed by atoms with Crippen molar-refractivity contribution < 1.29 is 38.1 Å². The molecule has 2 aromatic heterocycles. The SMILES string of the molecule is CO[C@@H]1[C@@H](n2cc(-c3ccc(Cl)c(F)c3)nn2)[C@@H](O)[C@@H](CO)O[C@@H]1Cc1cc(C2CCN(C(=O)OC(C)(C)C)CC2)no1. The van der Waals surface area contributed by atoms with E-state index in [1.807, 2.05) is 26.8 Å². The number of halogens is 2. The monoisotopic (exact) mass is 621 g/mol. The Morgan fingerprint density at radius 1 is 1.21 bits per heavy atom. The second-order valence-corrected chi connectivity index (χ2v) is 12.4. The van der Waals surface area contributed by atoms with Gasteiger partial charge in [0.05, 0.1) is 29.6 Å². The van der Waals surface area contributed by atoms with Crippen LogP contribution >= 0.6 is 11.6 Å². The fourth-order valence-corrected chi connectivity index (χ4v) is 5.76. The van der Waals surface area contributed by atoms with E-state index in [-0.39, 0.29) is 23.5 Å². The highest BCUT2D eigenvalue weighted by atomic mass is 35.5. The highest BCUT2D eigenvalue weighted by molar-refractivity contribution is 6.30. The van der Waals surface area contributed by atoms with Gasteiger partial charge in [0.25, 0.3) is 0 Å². The molecule has 43 heavy (non-hydrogen) atoms. The number of aliphatic hydroxyl groups excluding tert-OH is 2. The molecule has 4 heterocycles. The maximum Gasteiger partial charge on any atom is 0.410 e. The third-order valence-electron chi connectivity index (χ3n) is 7.81. The molecule has 0 bridgehead atoms. The number of hydrogen-bond donors (Lipinski definition) is 2. The van der Waals surface area contributed by atoms with Crippen LogP contribution in [0.25, 0.3) is 11.3 Å². The summed E-state index contributed by atoms with van der Waals surface area (Å²) >= 11 is 5.81. The fraction of sp³-hybridized carbons (Fsp3) is 0.586. The van der Waals surface area contributed by atoms with E-state index < -0.39 is 48.5 Å². The lowest BCUT2D eigenvalue weighted by Gasteiger charge is -2.43. The third kappa shape index (κ3) is 7.01. The van der Waals surface area contributed by atoms with Gasteiger partial charge >= 0.3 is 6.09 Å². The summed E-state index contributed by atoms with van der Waals surface area (Å²) < 4.78 is 38.5. The van der Waals surface area contributed by atoms with Crippen LogP contribution in [0, 0.1) is 5.82 Å².